The molecule has 1 aromatic carbocycles. The van der Waals surface area contributed by atoms with E-state index in [0.29, 0.717) is 12.1 Å². The lowest BCUT2D eigenvalue weighted by Crippen LogP contribution is -2.12. The number of alkyl halides is 6. The highest BCUT2D eigenvalue weighted by molar-refractivity contribution is 5.34. The maximum atomic E-state index is 12.5. The van der Waals surface area contributed by atoms with Crippen LogP contribution < -0.4 is 0 Å². The molecule has 1 rings (SSSR count). The predicted octanol–water partition coefficient (Wildman–Crippen LogP) is 4.33. The number of hydrogen-bond donors (Lipinski definition) is 1. The van der Waals surface area contributed by atoms with Gasteiger partial charge in [-0.1, -0.05) is 6.08 Å². The van der Waals surface area contributed by atoms with Crippen LogP contribution in [0.5, 0.6) is 0 Å². The van der Waals surface area contributed by atoms with Gasteiger partial charge in [-0.2, -0.15) is 26.3 Å². The molecule has 1 atom stereocenters. The van der Waals surface area contributed by atoms with Crippen molar-refractivity contribution in [2.75, 3.05) is 0 Å². The van der Waals surface area contributed by atoms with Crippen molar-refractivity contribution in [1.82, 2.24) is 0 Å². The van der Waals surface area contributed by atoms with Crippen molar-refractivity contribution in [2.45, 2.75) is 24.9 Å². The molecule has 0 fully saturated rings. The SMILES string of the molecule is C=CC[C@@H](O)c1cc(C(F)(F)F)cc(C(F)(F)F)c1. The van der Waals surface area contributed by atoms with Crippen LogP contribution in [0.15, 0.2) is 30.9 Å². The van der Waals surface area contributed by atoms with E-state index in [2.05, 4.69) is 6.58 Å². The Hall–Kier alpha value is -1.50. The number of aliphatic hydroxyl groups is 1. The van der Waals surface area contributed by atoms with Crippen LogP contribution in [0.2, 0.25) is 0 Å². The second-order valence-corrected chi connectivity index (χ2v) is 3.88. The second-order valence-electron chi connectivity index (χ2n) is 3.88. The highest BCUT2D eigenvalue weighted by atomic mass is 19.4. The maximum Gasteiger partial charge on any atom is 0.416 e. The minimum atomic E-state index is -4.91. The van der Waals surface area contributed by atoms with Gasteiger partial charge < -0.3 is 5.11 Å². The fourth-order valence-corrected chi connectivity index (χ4v) is 1.47. The first-order valence-electron chi connectivity index (χ1n) is 5.14. The first-order chi connectivity index (χ1) is 8.55. The first kappa shape index (κ1) is 15.6. The topological polar surface area (TPSA) is 20.2 Å². The molecule has 0 aliphatic carbocycles. The third-order valence-corrected chi connectivity index (χ3v) is 2.38. The molecule has 0 radical (unpaired) electrons. The normalized spacial score (nSPS) is 14.3. The zero-order chi connectivity index (χ0) is 14.8. The summed E-state index contributed by atoms with van der Waals surface area (Å²) in [6, 6.07) is 1.02. The zero-order valence-corrected chi connectivity index (χ0v) is 9.52. The van der Waals surface area contributed by atoms with E-state index in [9.17, 15) is 31.4 Å². The van der Waals surface area contributed by atoms with E-state index in [1.807, 2.05) is 0 Å². The Morgan fingerprint density at radius 3 is 1.74 bits per heavy atom. The van der Waals surface area contributed by atoms with Crippen molar-refractivity contribution in [3.8, 4) is 0 Å². The van der Waals surface area contributed by atoms with Gasteiger partial charge in [-0.3, -0.25) is 0 Å². The van der Waals surface area contributed by atoms with Crippen molar-refractivity contribution in [3.05, 3.63) is 47.5 Å². The van der Waals surface area contributed by atoms with E-state index < -0.39 is 35.1 Å². The van der Waals surface area contributed by atoms with E-state index in [-0.39, 0.29) is 12.5 Å². The van der Waals surface area contributed by atoms with Crippen LogP contribution in [-0.2, 0) is 12.4 Å². The molecule has 0 aromatic heterocycles. The molecule has 0 unspecified atom stereocenters. The molecule has 0 amide bonds. The minimum Gasteiger partial charge on any atom is -0.388 e. The van der Waals surface area contributed by atoms with E-state index in [0.717, 1.165) is 0 Å². The van der Waals surface area contributed by atoms with E-state index in [4.69, 9.17) is 0 Å². The smallest absolute Gasteiger partial charge is 0.388 e. The van der Waals surface area contributed by atoms with Gasteiger partial charge in [0.25, 0.3) is 0 Å². The quantitative estimate of drug-likeness (QED) is 0.647. The fourth-order valence-electron chi connectivity index (χ4n) is 1.47. The van der Waals surface area contributed by atoms with Gasteiger partial charge in [0, 0.05) is 0 Å². The molecular formula is C12H10F6O. The number of hydrogen-bond acceptors (Lipinski definition) is 1. The Labute approximate surface area is 105 Å². The van der Waals surface area contributed by atoms with Crippen LogP contribution in [0.3, 0.4) is 0 Å². The fraction of sp³-hybridized carbons (Fsp3) is 0.333. The van der Waals surface area contributed by atoms with Gasteiger partial charge in [0.2, 0.25) is 0 Å². The van der Waals surface area contributed by atoms with Crippen LogP contribution in [0.1, 0.15) is 29.2 Å². The van der Waals surface area contributed by atoms with Crippen LogP contribution in [0, 0.1) is 0 Å². The molecule has 0 spiro atoms. The zero-order valence-electron chi connectivity index (χ0n) is 9.52. The van der Waals surface area contributed by atoms with Gasteiger partial charge in [0.15, 0.2) is 0 Å². The molecule has 19 heavy (non-hydrogen) atoms. The highest BCUT2D eigenvalue weighted by Gasteiger charge is 2.37. The third kappa shape index (κ3) is 3.99. The largest absolute Gasteiger partial charge is 0.416 e. The summed E-state index contributed by atoms with van der Waals surface area (Å²) in [5, 5.41) is 9.49. The van der Waals surface area contributed by atoms with Crippen LogP contribution in [0.25, 0.3) is 0 Å². The Kier molecular flexibility index (Phi) is 4.29. The average Bonchev–Trinajstić information content (AvgIpc) is 2.26. The van der Waals surface area contributed by atoms with E-state index in [1.165, 1.54) is 6.08 Å². The second kappa shape index (κ2) is 5.24. The summed E-state index contributed by atoms with van der Waals surface area (Å²) >= 11 is 0. The van der Waals surface area contributed by atoms with E-state index in [1.54, 1.807) is 0 Å². The number of rotatable bonds is 3. The molecule has 0 bridgehead atoms. The predicted molar refractivity (Wildman–Crippen MR) is 56.2 cm³/mol. The van der Waals surface area contributed by atoms with Crippen molar-refractivity contribution in [2.24, 2.45) is 0 Å². The number of benzene rings is 1. The van der Waals surface area contributed by atoms with Crippen molar-refractivity contribution < 1.29 is 31.4 Å². The molecule has 0 aliphatic rings. The van der Waals surface area contributed by atoms with Gasteiger partial charge in [-0.05, 0) is 30.2 Å². The first-order valence-corrected chi connectivity index (χ1v) is 5.14. The van der Waals surface area contributed by atoms with E-state index >= 15 is 0 Å². The van der Waals surface area contributed by atoms with Crippen LogP contribution >= 0.6 is 0 Å². The summed E-state index contributed by atoms with van der Waals surface area (Å²) in [6.07, 6.45) is -10.2. The van der Waals surface area contributed by atoms with Gasteiger partial charge in [-0.15, -0.1) is 6.58 Å². The average molecular weight is 284 g/mol. The van der Waals surface area contributed by atoms with Crippen molar-refractivity contribution in [3.63, 3.8) is 0 Å². The van der Waals surface area contributed by atoms with Gasteiger partial charge >= 0.3 is 12.4 Å². The molecule has 1 aromatic rings. The summed E-state index contributed by atoms with van der Waals surface area (Å²) in [4.78, 5) is 0. The molecule has 7 heteroatoms. The molecule has 1 N–H and O–H groups in total. The maximum absolute atomic E-state index is 12.5. The summed E-state index contributed by atoms with van der Waals surface area (Å²) in [5.74, 6) is 0. The van der Waals surface area contributed by atoms with Crippen LogP contribution in [0.4, 0.5) is 26.3 Å². The van der Waals surface area contributed by atoms with Gasteiger partial charge in [0.05, 0.1) is 17.2 Å². The van der Waals surface area contributed by atoms with Crippen LogP contribution in [-0.4, -0.2) is 5.11 Å². The Morgan fingerprint density at radius 2 is 1.42 bits per heavy atom. The van der Waals surface area contributed by atoms with Crippen molar-refractivity contribution >= 4 is 0 Å². The molecule has 106 valence electrons. The molecule has 0 saturated heterocycles. The Balaban J connectivity index is 3.36. The number of aliphatic hydroxyl groups excluding tert-OH is 1. The molecule has 1 nitrogen and oxygen atoms in total. The molecule has 0 saturated carbocycles. The molecule has 0 aliphatic heterocycles. The third-order valence-electron chi connectivity index (χ3n) is 2.38. The van der Waals surface area contributed by atoms with Gasteiger partial charge in [-0.25, -0.2) is 0 Å². The molecular weight excluding hydrogens is 274 g/mol. The molecule has 0 heterocycles. The summed E-state index contributed by atoms with van der Waals surface area (Å²) in [5.41, 5.74) is -3.33. The Bertz CT molecular complexity index is 428. The number of halogens is 6. The lowest BCUT2D eigenvalue weighted by Gasteiger charge is -2.16. The summed E-state index contributed by atoms with van der Waals surface area (Å²) in [6.45, 7) is 3.26. The van der Waals surface area contributed by atoms with Crippen molar-refractivity contribution in [1.29, 1.82) is 0 Å². The minimum absolute atomic E-state index is 0.0180. The highest BCUT2D eigenvalue weighted by Crippen LogP contribution is 2.37. The summed E-state index contributed by atoms with van der Waals surface area (Å²) < 4.78 is 75.1. The standard InChI is InChI=1S/C12H10F6O/c1-2-3-10(19)7-4-8(11(13,14)15)6-9(5-7)12(16,17)18/h2,4-6,10,19H,1,3H2/t10-/m1/s1. The van der Waals surface area contributed by atoms with Gasteiger partial charge in [0.1, 0.15) is 0 Å². The summed E-state index contributed by atoms with van der Waals surface area (Å²) in [7, 11) is 0. The lowest BCUT2D eigenvalue weighted by molar-refractivity contribution is -0.143. The lowest BCUT2D eigenvalue weighted by atomic mass is 9.99. The Morgan fingerprint density at radius 1 is 1.00 bits per heavy atom. The monoisotopic (exact) mass is 284 g/mol.